The van der Waals surface area contributed by atoms with Gasteiger partial charge in [-0.2, -0.15) is 4.31 Å². The van der Waals surface area contributed by atoms with Crippen molar-refractivity contribution in [3.8, 4) is 0 Å². The van der Waals surface area contributed by atoms with Gasteiger partial charge in [-0.15, -0.1) is 11.3 Å². The minimum Gasteiger partial charge on any atom is -0.348 e. The number of likely N-dealkylation sites (N-methyl/N-ethyl adjacent to an activating group) is 1. The Bertz CT molecular complexity index is 1010. The number of hydrogen-bond donors (Lipinski definition) is 1. The molecule has 1 N–H and O–H groups in total. The van der Waals surface area contributed by atoms with Crippen LogP contribution in [0.2, 0.25) is 0 Å². The number of benzene rings is 2. The van der Waals surface area contributed by atoms with Gasteiger partial charge in [-0.1, -0.05) is 42.5 Å². The van der Waals surface area contributed by atoms with Crippen molar-refractivity contribution in [2.45, 2.75) is 17.2 Å². The first-order valence-corrected chi connectivity index (χ1v) is 10.5. The molecule has 0 radical (unpaired) electrons. The number of amides is 1. The van der Waals surface area contributed by atoms with Crippen LogP contribution in [-0.2, 0) is 14.8 Å². The molecule has 0 aliphatic heterocycles. The van der Waals surface area contributed by atoms with Crippen LogP contribution in [0.1, 0.15) is 18.5 Å². The lowest BCUT2D eigenvalue weighted by Crippen LogP contribution is -2.39. The van der Waals surface area contributed by atoms with Gasteiger partial charge in [0.25, 0.3) is 10.0 Å². The van der Waals surface area contributed by atoms with Crippen LogP contribution in [0.3, 0.4) is 0 Å². The van der Waals surface area contributed by atoms with Gasteiger partial charge in [0.05, 0.1) is 12.6 Å². The molecular weight excluding hydrogens is 368 g/mol. The molecule has 0 aliphatic carbocycles. The van der Waals surface area contributed by atoms with E-state index in [9.17, 15) is 13.2 Å². The lowest BCUT2D eigenvalue weighted by molar-refractivity contribution is -0.121. The molecule has 3 aromatic rings. The monoisotopic (exact) mass is 388 g/mol. The Hall–Kier alpha value is -2.22. The zero-order chi connectivity index (χ0) is 18.7. The number of hydrogen-bond acceptors (Lipinski definition) is 4. The van der Waals surface area contributed by atoms with Gasteiger partial charge >= 0.3 is 0 Å². The van der Waals surface area contributed by atoms with Crippen molar-refractivity contribution in [3.63, 3.8) is 0 Å². The van der Waals surface area contributed by atoms with E-state index >= 15 is 0 Å². The molecular formula is C19H20N2O3S2. The summed E-state index contributed by atoms with van der Waals surface area (Å²) >= 11 is 1.14. The lowest BCUT2D eigenvalue weighted by atomic mass is 10.0. The van der Waals surface area contributed by atoms with E-state index < -0.39 is 10.0 Å². The molecule has 0 fully saturated rings. The van der Waals surface area contributed by atoms with E-state index in [0.717, 1.165) is 32.0 Å². The molecule has 2 aromatic carbocycles. The first kappa shape index (κ1) is 18.6. The highest BCUT2D eigenvalue weighted by molar-refractivity contribution is 7.91. The van der Waals surface area contributed by atoms with Gasteiger partial charge in [0.15, 0.2) is 0 Å². The minimum atomic E-state index is -3.63. The second kappa shape index (κ2) is 7.57. The second-order valence-electron chi connectivity index (χ2n) is 6.09. The molecule has 0 aliphatic rings. The fourth-order valence-electron chi connectivity index (χ4n) is 2.70. The van der Waals surface area contributed by atoms with Crippen molar-refractivity contribution in [2.75, 3.05) is 13.6 Å². The molecule has 5 nitrogen and oxygen atoms in total. The van der Waals surface area contributed by atoms with Crippen LogP contribution in [0, 0.1) is 0 Å². The third kappa shape index (κ3) is 3.95. The van der Waals surface area contributed by atoms with Crippen molar-refractivity contribution < 1.29 is 13.2 Å². The van der Waals surface area contributed by atoms with Gasteiger partial charge in [0, 0.05) is 7.05 Å². The molecule has 0 unspecified atom stereocenters. The first-order chi connectivity index (χ1) is 12.4. The molecule has 1 aromatic heterocycles. The van der Waals surface area contributed by atoms with Crippen LogP contribution in [0.4, 0.5) is 0 Å². The maximum atomic E-state index is 12.4. The average Bonchev–Trinajstić information content (AvgIpc) is 3.16. The number of nitrogens with one attached hydrogen (secondary N) is 1. The zero-order valence-electron chi connectivity index (χ0n) is 14.5. The van der Waals surface area contributed by atoms with E-state index in [1.165, 1.54) is 13.1 Å². The second-order valence-corrected chi connectivity index (χ2v) is 9.31. The standard InChI is InChI=1S/C19H20N2O3S2/c1-14(16-10-9-15-6-3-4-7-17(15)12-16)20-18(22)13-21(2)26(23,24)19-8-5-11-25-19/h3-12,14H,13H2,1-2H3,(H,20,22)/t14-/m1/s1. The van der Waals surface area contributed by atoms with Crippen molar-refractivity contribution in [1.29, 1.82) is 0 Å². The topological polar surface area (TPSA) is 66.5 Å². The number of thiophene rings is 1. The normalized spacial score (nSPS) is 13.0. The fraction of sp³-hybridized carbons (Fsp3) is 0.211. The number of nitrogens with zero attached hydrogens (tertiary/aromatic N) is 1. The van der Waals surface area contributed by atoms with Crippen LogP contribution in [0.15, 0.2) is 64.2 Å². The summed E-state index contributed by atoms with van der Waals surface area (Å²) in [4.78, 5) is 12.3. The molecule has 0 bridgehead atoms. The highest BCUT2D eigenvalue weighted by atomic mass is 32.2. The highest BCUT2D eigenvalue weighted by Gasteiger charge is 2.24. The van der Waals surface area contributed by atoms with E-state index in [-0.39, 0.29) is 22.7 Å². The minimum absolute atomic E-state index is 0.218. The summed E-state index contributed by atoms with van der Waals surface area (Å²) in [7, 11) is -2.22. The van der Waals surface area contributed by atoms with E-state index in [2.05, 4.69) is 5.32 Å². The summed E-state index contributed by atoms with van der Waals surface area (Å²) in [5.41, 5.74) is 0.973. The largest absolute Gasteiger partial charge is 0.348 e. The molecule has 7 heteroatoms. The quantitative estimate of drug-likeness (QED) is 0.704. The van der Waals surface area contributed by atoms with Gasteiger partial charge in [-0.05, 0) is 40.8 Å². The highest BCUT2D eigenvalue weighted by Crippen LogP contribution is 2.21. The Morgan fingerprint density at radius 3 is 2.54 bits per heavy atom. The van der Waals surface area contributed by atoms with Gasteiger partial charge in [0.1, 0.15) is 4.21 Å². The van der Waals surface area contributed by atoms with Crippen molar-refractivity contribution >= 4 is 38.0 Å². The van der Waals surface area contributed by atoms with E-state index in [1.54, 1.807) is 11.4 Å². The third-order valence-corrected chi connectivity index (χ3v) is 7.35. The predicted molar refractivity (Wildman–Crippen MR) is 105 cm³/mol. The number of sulfonamides is 1. The summed E-state index contributed by atoms with van der Waals surface area (Å²) in [5.74, 6) is -0.340. The Kier molecular flexibility index (Phi) is 5.41. The third-order valence-electron chi connectivity index (χ3n) is 4.18. The maximum absolute atomic E-state index is 12.4. The van der Waals surface area contributed by atoms with Crippen LogP contribution in [-0.4, -0.2) is 32.2 Å². The van der Waals surface area contributed by atoms with Gasteiger partial charge in [0.2, 0.25) is 5.91 Å². The van der Waals surface area contributed by atoms with Gasteiger partial charge in [-0.3, -0.25) is 4.79 Å². The van der Waals surface area contributed by atoms with Crippen LogP contribution >= 0.6 is 11.3 Å². The lowest BCUT2D eigenvalue weighted by Gasteiger charge is -2.19. The summed E-state index contributed by atoms with van der Waals surface area (Å²) < 4.78 is 26.1. The Balaban J connectivity index is 1.67. The predicted octanol–water partition coefficient (Wildman–Crippen LogP) is 3.40. The molecule has 0 saturated carbocycles. The van der Waals surface area contributed by atoms with Crippen LogP contribution < -0.4 is 5.32 Å². The summed E-state index contributed by atoms with van der Waals surface area (Å²) in [6, 6.07) is 17.0. The number of carbonyl (C=O) groups excluding carboxylic acids is 1. The number of fused-ring (bicyclic) bond motifs is 1. The average molecular weight is 389 g/mol. The molecule has 0 saturated heterocycles. The smallest absolute Gasteiger partial charge is 0.252 e. The van der Waals surface area contributed by atoms with Crippen LogP contribution in [0.25, 0.3) is 10.8 Å². The SMILES string of the molecule is C[C@@H](NC(=O)CN(C)S(=O)(=O)c1cccs1)c1ccc2ccccc2c1. The van der Waals surface area contributed by atoms with Crippen LogP contribution in [0.5, 0.6) is 0 Å². The Morgan fingerprint density at radius 1 is 1.12 bits per heavy atom. The molecule has 1 heterocycles. The Morgan fingerprint density at radius 2 is 1.85 bits per heavy atom. The van der Waals surface area contributed by atoms with Crippen molar-refractivity contribution in [3.05, 3.63) is 65.5 Å². The van der Waals surface area contributed by atoms with Gasteiger partial charge < -0.3 is 5.32 Å². The molecule has 1 amide bonds. The van der Waals surface area contributed by atoms with E-state index in [1.807, 2.05) is 49.4 Å². The summed E-state index contributed by atoms with van der Waals surface area (Å²) in [6.45, 7) is 1.66. The number of rotatable bonds is 6. The Labute approximate surface area is 157 Å². The maximum Gasteiger partial charge on any atom is 0.252 e. The molecule has 3 rings (SSSR count). The zero-order valence-corrected chi connectivity index (χ0v) is 16.2. The molecule has 1 atom stereocenters. The molecule has 136 valence electrons. The van der Waals surface area contributed by atoms with Crippen molar-refractivity contribution in [1.82, 2.24) is 9.62 Å². The van der Waals surface area contributed by atoms with E-state index in [4.69, 9.17) is 0 Å². The summed E-state index contributed by atoms with van der Waals surface area (Å²) in [5, 5.41) is 6.80. The number of carbonyl (C=O) groups is 1. The fourth-order valence-corrected chi connectivity index (χ4v) is 5.03. The molecule has 26 heavy (non-hydrogen) atoms. The molecule has 0 spiro atoms. The van der Waals surface area contributed by atoms with Gasteiger partial charge in [-0.25, -0.2) is 8.42 Å². The van der Waals surface area contributed by atoms with Crippen molar-refractivity contribution in [2.24, 2.45) is 0 Å². The first-order valence-electron chi connectivity index (χ1n) is 8.16. The van der Waals surface area contributed by atoms with E-state index in [0.29, 0.717) is 0 Å². The summed E-state index contributed by atoms with van der Waals surface area (Å²) in [6.07, 6.45) is 0.